The lowest BCUT2D eigenvalue weighted by Gasteiger charge is -2.32. The molecule has 2 rings (SSSR count). The van der Waals surface area contributed by atoms with Gasteiger partial charge in [0.1, 0.15) is 0 Å². The van der Waals surface area contributed by atoms with E-state index in [0.29, 0.717) is 28.4 Å². The molecule has 0 bridgehead atoms. The summed E-state index contributed by atoms with van der Waals surface area (Å²) in [6.07, 6.45) is 3.65. The highest BCUT2D eigenvalue weighted by molar-refractivity contribution is 6.35. The third kappa shape index (κ3) is 4.13. The Morgan fingerprint density at radius 3 is 2.65 bits per heavy atom. The Kier molecular flexibility index (Phi) is 5.34. The van der Waals surface area contributed by atoms with Crippen molar-refractivity contribution in [1.29, 1.82) is 0 Å². The van der Waals surface area contributed by atoms with Gasteiger partial charge in [0, 0.05) is 16.1 Å². The molecule has 1 aromatic carbocycles. The predicted octanol–water partition coefficient (Wildman–Crippen LogP) is 4.48. The topological polar surface area (TPSA) is 29.1 Å². The van der Waals surface area contributed by atoms with Gasteiger partial charge in [0.2, 0.25) is 5.91 Å². The molecule has 1 N–H and O–H groups in total. The molecule has 0 heterocycles. The molecule has 3 unspecified atom stereocenters. The van der Waals surface area contributed by atoms with E-state index in [1.165, 1.54) is 6.42 Å². The minimum absolute atomic E-state index is 0.0426. The van der Waals surface area contributed by atoms with Gasteiger partial charge >= 0.3 is 0 Å². The van der Waals surface area contributed by atoms with Crippen molar-refractivity contribution in [1.82, 2.24) is 5.32 Å². The van der Waals surface area contributed by atoms with E-state index in [2.05, 4.69) is 19.2 Å². The van der Waals surface area contributed by atoms with E-state index >= 15 is 0 Å². The summed E-state index contributed by atoms with van der Waals surface area (Å²) >= 11 is 11.9. The maximum atomic E-state index is 12.1. The van der Waals surface area contributed by atoms with Crippen LogP contribution in [0.4, 0.5) is 0 Å². The van der Waals surface area contributed by atoms with Crippen molar-refractivity contribution in [2.24, 2.45) is 11.8 Å². The van der Waals surface area contributed by atoms with Gasteiger partial charge < -0.3 is 5.32 Å². The van der Waals surface area contributed by atoms with E-state index in [-0.39, 0.29) is 5.91 Å². The molecular formula is C16H21Cl2NO. The molecule has 3 atom stereocenters. The Hall–Kier alpha value is -0.730. The van der Waals surface area contributed by atoms with Crippen LogP contribution < -0.4 is 5.32 Å². The van der Waals surface area contributed by atoms with Crippen molar-refractivity contribution >= 4 is 29.1 Å². The van der Waals surface area contributed by atoms with Crippen LogP contribution in [0.15, 0.2) is 18.2 Å². The van der Waals surface area contributed by atoms with Gasteiger partial charge in [-0.25, -0.2) is 0 Å². The number of hydrogen-bond donors (Lipinski definition) is 1. The molecule has 2 nitrogen and oxygen atoms in total. The van der Waals surface area contributed by atoms with Gasteiger partial charge in [0.15, 0.2) is 0 Å². The monoisotopic (exact) mass is 313 g/mol. The lowest BCUT2D eigenvalue weighted by molar-refractivity contribution is -0.121. The Labute approximate surface area is 130 Å². The second-order valence-electron chi connectivity index (χ2n) is 5.94. The molecule has 1 aromatic rings. The van der Waals surface area contributed by atoms with Crippen molar-refractivity contribution in [3.63, 3.8) is 0 Å². The molecule has 1 fully saturated rings. The van der Waals surface area contributed by atoms with Crippen LogP contribution in [0.2, 0.25) is 10.0 Å². The zero-order valence-corrected chi connectivity index (χ0v) is 13.5. The second-order valence-corrected chi connectivity index (χ2v) is 6.79. The molecule has 1 aliphatic carbocycles. The van der Waals surface area contributed by atoms with Crippen LogP contribution in [0, 0.1) is 11.8 Å². The lowest BCUT2D eigenvalue weighted by atomic mass is 9.79. The largest absolute Gasteiger partial charge is 0.353 e. The summed E-state index contributed by atoms with van der Waals surface area (Å²) in [6.45, 7) is 4.55. The molecular weight excluding hydrogens is 293 g/mol. The zero-order valence-electron chi connectivity index (χ0n) is 12.0. The molecule has 20 heavy (non-hydrogen) atoms. The number of hydrogen-bond acceptors (Lipinski definition) is 1. The summed E-state index contributed by atoms with van der Waals surface area (Å²) in [4.78, 5) is 12.1. The first-order chi connectivity index (χ1) is 9.45. The summed E-state index contributed by atoms with van der Waals surface area (Å²) in [7, 11) is 0. The zero-order chi connectivity index (χ0) is 14.7. The van der Waals surface area contributed by atoms with Gasteiger partial charge in [0.25, 0.3) is 0 Å². The highest BCUT2D eigenvalue weighted by Crippen LogP contribution is 2.29. The molecule has 1 amide bonds. The van der Waals surface area contributed by atoms with Crippen molar-refractivity contribution < 1.29 is 4.79 Å². The predicted molar refractivity (Wildman–Crippen MR) is 84.3 cm³/mol. The van der Waals surface area contributed by atoms with Crippen molar-refractivity contribution in [3.05, 3.63) is 33.8 Å². The maximum Gasteiger partial charge on any atom is 0.224 e. The summed E-state index contributed by atoms with van der Waals surface area (Å²) in [5.41, 5.74) is 0.825. The Morgan fingerprint density at radius 1 is 1.25 bits per heavy atom. The van der Waals surface area contributed by atoms with Gasteiger partial charge in [-0.1, -0.05) is 43.1 Å². The Balaban J connectivity index is 1.89. The van der Waals surface area contributed by atoms with Crippen LogP contribution in [-0.4, -0.2) is 11.9 Å². The standard InChI is InChI=1S/C16H21Cl2NO/c1-10-3-6-14(7-11(10)2)19-16(20)8-12-4-5-13(17)9-15(12)18/h4-5,9-11,14H,3,6-8H2,1-2H3,(H,19,20). The SMILES string of the molecule is CC1CCC(NC(=O)Cc2ccc(Cl)cc2Cl)CC1C. The highest BCUT2D eigenvalue weighted by atomic mass is 35.5. The first-order valence-electron chi connectivity index (χ1n) is 7.19. The second kappa shape index (κ2) is 6.82. The number of carbonyl (C=O) groups excluding carboxylic acids is 1. The average molecular weight is 314 g/mol. The van der Waals surface area contributed by atoms with E-state index in [1.807, 2.05) is 6.07 Å². The molecule has 110 valence electrons. The third-order valence-corrected chi connectivity index (χ3v) is 4.92. The summed E-state index contributed by atoms with van der Waals surface area (Å²) in [5, 5.41) is 4.28. The Bertz CT molecular complexity index is 489. The van der Waals surface area contributed by atoms with E-state index in [4.69, 9.17) is 23.2 Å². The summed E-state index contributed by atoms with van der Waals surface area (Å²) in [6, 6.07) is 5.56. The van der Waals surface area contributed by atoms with E-state index in [1.54, 1.807) is 12.1 Å². The number of benzene rings is 1. The molecule has 0 aromatic heterocycles. The number of nitrogens with one attached hydrogen (secondary N) is 1. The first kappa shape index (κ1) is 15.7. The molecule has 0 aliphatic heterocycles. The van der Waals surface area contributed by atoms with E-state index in [9.17, 15) is 4.79 Å². The number of carbonyl (C=O) groups is 1. The fourth-order valence-corrected chi connectivity index (χ4v) is 3.27. The van der Waals surface area contributed by atoms with E-state index < -0.39 is 0 Å². The van der Waals surface area contributed by atoms with Crippen LogP contribution in [0.5, 0.6) is 0 Å². The summed E-state index contributed by atoms with van der Waals surface area (Å²) in [5.74, 6) is 1.48. The fraction of sp³-hybridized carbons (Fsp3) is 0.562. The quantitative estimate of drug-likeness (QED) is 0.876. The third-order valence-electron chi connectivity index (χ3n) is 4.33. The van der Waals surface area contributed by atoms with Crippen LogP contribution in [0.1, 0.15) is 38.7 Å². The van der Waals surface area contributed by atoms with E-state index in [0.717, 1.165) is 24.3 Å². The van der Waals surface area contributed by atoms with Crippen LogP contribution in [0.3, 0.4) is 0 Å². The normalized spacial score (nSPS) is 26.3. The number of rotatable bonds is 3. The number of amides is 1. The lowest BCUT2D eigenvalue weighted by Crippen LogP contribution is -2.40. The maximum absolute atomic E-state index is 12.1. The molecule has 1 saturated carbocycles. The van der Waals surface area contributed by atoms with Crippen LogP contribution in [0.25, 0.3) is 0 Å². The highest BCUT2D eigenvalue weighted by Gasteiger charge is 2.25. The van der Waals surface area contributed by atoms with Crippen LogP contribution in [-0.2, 0) is 11.2 Å². The van der Waals surface area contributed by atoms with Gasteiger partial charge in [0.05, 0.1) is 6.42 Å². The van der Waals surface area contributed by atoms with Crippen molar-refractivity contribution in [2.45, 2.75) is 45.6 Å². The Morgan fingerprint density at radius 2 is 2.00 bits per heavy atom. The molecule has 1 aliphatic rings. The molecule has 0 radical (unpaired) electrons. The summed E-state index contributed by atoms with van der Waals surface area (Å²) < 4.78 is 0. The van der Waals surface area contributed by atoms with Gasteiger partial charge in [-0.15, -0.1) is 0 Å². The van der Waals surface area contributed by atoms with Crippen molar-refractivity contribution in [2.75, 3.05) is 0 Å². The van der Waals surface area contributed by atoms with Gasteiger partial charge in [-0.3, -0.25) is 4.79 Å². The molecule has 4 heteroatoms. The molecule has 0 spiro atoms. The fourth-order valence-electron chi connectivity index (χ4n) is 2.80. The minimum atomic E-state index is 0.0426. The molecule has 0 saturated heterocycles. The van der Waals surface area contributed by atoms with Gasteiger partial charge in [-0.05, 0) is 48.8 Å². The van der Waals surface area contributed by atoms with Crippen LogP contribution >= 0.6 is 23.2 Å². The van der Waals surface area contributed by atoms with Crippen molar-refractivity contribution in [3.8, 4) is 0 Å². The number of halogens is 2. The first-order valence-corrected chi connectivity index (χ1v) is 7.94. The minimum Gasteiger partial charge on any atom is -0.353 e. The van der Waals surface area contributed by atoms with Gasteiger partial charge in [-0.2, -0.15) is 0 Å². The smallest absolute Gasteiger partial charge is 0.224 e. The average Bonchev–Trinajstić information content (AvgIpc) is 2.37.